The Balaban J connectivity index is 2.10. The fourth-order valence-corrected chi connectivity index (χ4v) is 2.24. The molecule has 0 spiro atoms. The number of hydrogen-bond acceptors (Lipinski definition) is 2. The highest BCUT2D eigenvalue weighted by Crippen LogP contribution is 2.32. The highest BCUT2D eigenvalue weighted by Gasteiger charge is 2.06. The fourth-order valence-electron chi connectivity index (χ4n) is 1.73. The van der Waals surface area contributed by atoms with Gasteiger partial charge >= 0.3 is 5.97 Å². The molecular formula is C16H12Cl2O3. The van der Waals surface area contributed by atoms with Crippen LogP contribution in [-0.2, 0) is 11.4 Å². The van der Waals surface area contributed by atoms with E-state index in [9.17, 15) is 4.79 Å². The molecular weight excluding hydrogens is 311 g/mol. The zero-order valence-electron chi connectivity index (χ0n) is 10.9. The van der Waals surface area contributed by atoms with Crippen LogP contribution in [0.4, 0.5) is 0 Å². The monoisotopic (exact) mass is 322 g/mol. The van der Waals surface area contributed by atoms with E-state index in [1.54, 1.807) is 18.2 Å². The summed E-state index contributed by atoms with van der Waals surface area (Å²) in [5.74, 6) is -0.549. The van der Waals surface area contributed by atoms with Crippen LogP contribution in [0.15, 0.2) is 48.5 Å². The molecule has 3 nitrogen and oxygen atoms in total. The van der Waals surface area contributed by atoms with Gasteiger partial charge in [0.05, 0.1) is 10.0 Å². The average molecular weight is 323 g/mol. The first-order chi connectivity index (χ1) is 10.1. The minimum absolute atomic E-state index is 0.290. The lowest BCUT2D eigenvalue weighted by Crippen LogP contribution is -1.97. The summed E-state index contributed by atoms with van der Waals surface area (Å²) < 4.78 is 5.63. The Morgan fingerprint density at radius 2 is 1.81 bits per heavy atom. The Labute approximate surface area is 132 Å². The predicted molar refractivity (Wildman–Crippen MR) is 83.9 cm³/mol. The highest BCUT2D eigenvalue weighted by atomic mass is 35.5. The number of carboxylic acids is 1. The number of aliphatic carboxylic acids is 1. The molecule has 0 aliphatic rings. The normalized spacial score (nSPS) is 10.8. The summed E-state index contributed by atoms with van der Waals surface area (Å²) in [4.78, 5) is 10.5. The lowest BCUT2D eigenvalue weighted by Gasteiger charge is -2.10. The van der Waals surface area contributed by atoms with E-state index >= 15 is 0 Å². The molecule has 0 aliphatic carbocycles. The first kappa shape index (κ1) is 15.4. The van der Waals surface area contributed by atoms with Crippen LogP contribution in [-0.4, -0.2) is 11.1 Å². The molecule has 0 fully saturated rings. The molecule has 0 unspecified atom stereocenters. The van der Waals surface area contributed by atoms with E-state index in [1.807, 2.05) is 24.3 Å². The molecule has 0 saturated carbocycles. The van der Waals surface area contributed by atoms with Gasteiger partial charge in [0.15, 0.2) is 5.75 Å². The molecule has 0 atom stereocenters. The number of para-hydroxylation sites is 1. The lowest BCUT2D eigenvalue weighted by molar-refractivity contribution is -0.131. The molecule has 5 heteroatoms. The number of ether oxygens (including phenoxy) is 1. The van der Waals surface area contributed by atoms with Crippen LogP contribution in [0.25, 0.3) is 6.08 Å². The standard InChI is InChI=1S/C16H12Cl2O3/c17-13-5-2-6-14(18)16(13)21-10-12-4-1-3-11(9-12)7-8-15(19)20/h1-9H,10H2,(H,19,20). The van der Waals surface area contributed by atoms with Crippen molar-refractivity contribution in [3.05, 3.63) is 69.7 Å². The van der Waals surface area contributed by atoms with Crippen LogP contribution in [0.2, 0.25) is 10.0 Å². The second-order valence-electron chi connectivity index (χ2n) is 4.26. The van der Waals surface area contributed by atoms with Gasteiger partial charge in [-0.25, -0.2) is 4.79 Å². The van der Waals surface area contributed by atoms with Gasteiger partial charge in [-0.3, -0.25) is 0 Å². The van der Waals surface area contributed by atoms with E-state index in [2.05, 4.69) is 0 Å². The third-order valence-corrected chi connectivity index (χ3v) is 3.27. The highest BCUT2D eigenvalue weighted by molar-refractivity contribution is 6.37. The summed E-state index contributed by atoms with van der Waals surface area (Å²) in [6.07, 6.45) is 2.61. The number of carboxylic acid groups (broad SMARTS) is 1. The molecule has 1 N–H and O–H groups in total. The van der Waals surface area contributed by atoms with Crippen LogP contribution in [0, 0.1) is 0 Å². The van der Waals surface area contributed by atoms with Gasteiger partial charge in [0.2, 0.25) is 0 Å². The molecule has 2 rings (SSSR count). The van der Waals surface area contributed by atoms with Crippen molar-refractivity contribution in [3.63, 3.8) is 0 Å². The SMILES string of the molecule is O=C(O)C=Cc1cccc(COc2c(Cl)cccc2Cl)c1. The Morgan fingerprint density at radius 1 is 1.14 bits per heavy atom. The molecule has 0 heterocycles. The molecule has 0 saturated heterocycles. The first-order valence-corrected chi connectivity index (χ1v) is 6.88. The number of benzene rings is 2. The van der Waals surface area contributed by atoms with Crippen LogP contribution in [0.3, 0.4) is 0 Å². The maximum absolute atomic E-state index is 10.5. The first-order valence-electron chi connectivity index (χ1n) is 6.13. The summed E-state index contributed by atoms with van der Waals surface area (Å²) in [6.45, 7) is 0.290. The molecule has 0 aliphatic heterocycles. The molecule has 2 aromatic rings. The number of halogens is 2. The van der Waals surface area contributed by atoms with Crippen molar-refractivity contribution in [1.29, 1.82) is 0 Å². The zero-order valence-corrected chi connectivity index (χ0v) is 12.4. The van der Waals surface area contributed by atoms with E-state index in [1.165, 1.54) is 6.08 Å². The van der Waals surface area contributed by atoms with Gasteiger partial charge in [-0.05, 0) is 35.4 Å². The van der Waals surface area contributed by atoms with Gasteiger partial charge in [0.25, 0.3) is 0 Å². The van der Waals surface area contributed by atoms with E-state index in [-0.39, 0.29) is 6.61 Å². The predicted octanol–water partition coefficient (Wildman–Crippen LogP) is 4.67. The molecule has 108 valence electrons. The lowest BCUT2D eigenvalue weighted by atomic mass is 10.1. The number of rotatable bonds is 5. The van der Waals surface area contributed by atoms with Crippen molar-refractivity contribution in [1.82, 2.24) is 0 Å². The fraction of sp³-hybridized carbons (Fsp3) is 0.0625. The van der Waals surface area contributed by atoms with Crippen molar-refractivity contribution in [3.8, 4) is 5.75 Å². The van der Waals surface area contributed by atoms with E-state index < -0.39 is 5.97 Å². The average Bonchev–Trinajstić information content (AvgIpc) is 2.45. The Morgan fingerprint density at radius 3 is 2.48 bits per heavy atom. The third kappa shape index (κ3) is 4.52. The molecule has 0 amide bonds. The van der Waals surface area contributed by atoms with Gasteiger partial charge in [-0.15, -0.1) is 0 Å². The second-order valence-corrected chi connectivity index (χ2v) is 5.07. The largest absolute Gasteiger partial charge is 0.486 e. The Hall–Kier alpha value is -1.97. The Kier molecular flexibility index (Phi) is 5.26. The summed E-state index contributed by atoms with van der Waals surface area (Å²) >= 11 is 12.1. The van der Waals surface area contributed by atoms with Gasteiger partial charge in [0.1, 0.15) is 6.61 Å². The third-order valence-electron chi connectivity index (χ3n) is 2.67. The molecule has 0 aromatic heterocycles. The Bertz CT molecular complexity index is 661. The van der Waals surface area contributed by atoms with Gasteiger partial charge < -0.3 is 9.84 Å². The van der Waals surface area contributed by atoms with Crippen LogP contribution in [0.5, 0.6) is 5.75 Å². The number of carbonyl (C=O) groups is 1. The molecule has 0 radical (unpaired) electrons. The van der Waals surface area contributed by atoms with E-state index in [4.69, 9.17) is 33.0 Å². The summed E-state index contributed by atoms with van der Waals surface area (Å²) in [6, 6.07) is 12.5. The molecule has 2 aromatic carbocycles. The van der Waals surface area contributed by atoms with Crippen LogP contribution >= 0.6 is 23.2 Å². The van der Waals surface area contributed by atoms with Crippen molar-refractivity contribution in [2.24, 2.45) is 0 Å². The quantitative estimate of drug-likeness (QED) is 0.813. The van der Waals surface area contributed by atoms with Crippen molar-refractivity contribution >= 4 is 35.2 Å². The summed E-state index contributed by atoms with van der Waals surface area (Å²) in [5, 5.41) is 9.51. The van der Waals surface area contributed by atoms with Crippen LogP contribution < -0.4 is 4.74 Å². The summed E-state index contributed by atoms with van der Waals surface area (Å²) in [5.41, 5.74) is 1.67. The van der Waals surface area contributed by atoms with Crippen molar-refractivity contribution in [2.75, 3.05) is 0 Å². The van der Waals surface area contributed by atoms with Gasteiger partial charge in [0, 0.05) is 6.08 Å². The van der Waals surface area contributed by atoms with Crippen LogP contribution in [0.1, 0.15) is 11.1 Å². The van der Waals surface area contributed by atoms with Crippen molar-refractivity contribution in [2.45, 2.75) is 6.61 Å². The minimum atomic E-state index is -0.987. The smallest absolute Gasteiger partial charge is 0.328 e. The zero-order chi connectivity index (χ0) is 15.2. The van der Waals surface area contributed by atoms with Gasteiger partial charge in [-0.1, -0.05) is 47.5 Å². The van der Waals surface area contributed by atoms with E-state index in [0.717, 1.165) is 17.2 Å². The molecule has 0 bridgehead atoms. The molecule has 21 heavy (non-hydrogen) atoms. The topological polar surface area (TPSA) is 46.5 Å². The van der Waals surface area contributed by atoms with Crippen molar-refractivity contribution < 1.29 is 14.6 Å². The van der Waals surface area contributed by atoms with E-state index in [0.29, 0.717) is 15.8 Å². The van der Waals surface area contributed by atoms with Gasteiger partial charge in [-0.2, -0.15) is 0 Å². The second kappa shape index (κ2) is 7.16. The maximum atomic E-state index is 10.5. The number of hydrogen-bond donors (Lipinski definition) is 1. The summed E-state index contributed by atoms with van der Waals surface area (Å²) in [7, 11) is 0. The minimum Gasteiger partial charge on any atom is -0.486 e. The maximum Gasteiger partial charge on any atom is 0.328 e.